The van der Waals surface area contributed by atoms with Crippen molar-refractivity contribution in [2.24, 2.45) is 0 Å². The molecule has 124 valence electrons. The first-order chi connectivity index (χ1) is 11.8. The van der Waals surface area contributed by atoms with Crippen molar-refractivity contribution in [3.63, 3.8) is 0 Å². The zero-order chi connectivity index (χ0) is 16.4. The van der Waals surface area contributed by atoms with Crippen molar-refractivity contribution in [2.75, 3.05) is 7.05 Å². The lowest BCUT2D eigenvalue weighted by Gasteiger charge is -2.20. The molecule has 0 aliphatic heterocycles. The molecule has 2 aromatic heterocycles. The van der Waals surface area contributed by atoms with Crippen LogP contribution in [-0.4, -0.2) is 26.5 Å². The van der Waals surface area contributed by atoms with E-state index in [0.29, 0.717) is 6.04 Å². The van der Waals surface area contributed by atoms with Crippen LogP contribution < -0.4 is 0 Å². The molecule has 1 aliphatic rings. The molecule has 4 rings (SSSR count). The molecule has 0 saturated heterocycles. The summed E-state index contributed by atoms with van der Waals surface area (Å²) < 4.78 is 2.39. The lowest BCUT2D eigenvalue weighted by Crippen LogP contribution is -2.21. The van der Waals surface area contributed by atoms with E-state index in [0.717, 1.165) is 24.3 Å². The van der Waals surface area contributed by atoms with E-state index in [2.05, 4.69) is 51.8 Å². The number of pyridine rings is 1. The van der Waals surface area contributed by atoms with Gasteiger partial charge < -0.3 is 4.57 Å². The predicted molar refractivity (Wildman–Crippen MR) is 96.6 cm³/mol. The van der Waals surface area contributed by atoms with E-state index in [1.807, 2.05) is 18.6 Å². The van der Waals surface area contributed by atoms with E-state index in [9.17, 15) is 0 Å². The molecule has 2 heterocycles. The maximum atomic E-state index is 4.78. The highest BCUT2D eigenvalue weighted by molar-refractivity contribution is 5.78. The van der Waals surface area contributed by atoms with Gasteiger partial charge in [-0.15, -0.1) is 0 Å². The number of hydrogen-bond donors (Lipinski definition) is 0. The first-order valence-electron chi connectivity index (χ1n) is 8.83. The average Bonchev–Trinajstić information content (AvgIpc) is 3.25. The summed E-state index contributed by atoms with van der Waals surface area (Å²) in [6.45, 7) is 1.76. The van der Waals surface area contributed by atoms with Crippen molar-refractivity contribution >= 4 is 10.9 Å². The van der Waals surface area contributed by atoms with E-state index < -0.39 is 0 Å². The SMILES string of the molecule is CN(Cc1ccc2ccccc2n1)Cc1cncn1C1CCCC1. The number of aromatic nitrogens is 3. The van der Waals surface area contributed by atoms with Crippen molar-refractivity contribution in [3.05, 3.63) is 60.3 Å². The van der Waals surface area contributed by atoms with Crippen LogP contribution in [0, 0.1) is 0 Å². The number of nitrogens with zero attached hydrogens (tertiary/aromatic N) is 4. The van der Waals surface area contributed by atoms with Gasteiger partial charge in [-0.05, 0) is 32.0 Å². The second kappa shape index (κ2) is 6.73. The summed E-state index contributed by atoms with van der Waals surface area (Å²) in [5.41, 5.74) is 3.49. The van der Waals surface area contributed by atoms with Gasteiger partial charge in [-0.1, -0.05) is 37.1 Å². The molecule has 1 aromatic carbocycles. The van der Waals surface area contributed by atoms with Crippen LogP contribution >= 0.6 is 0 Å². The van der Waals surface area contributed by atoms with Gasteiger partial charge in [0.2, 0.25) is 0 Å². The van der Waals surface area contributed by atoms with Crippen LogP contribution in [-0.2, 0) is 13.1 Å². The lowest BCUT2D eigenvalue weighted by atomic mass is 10.2. The van der Waals surface area contributed by atoms with Crippen LogP contribution in [0.1, 0.15) is 43.1 Å². The van der Waals surface area contributed by atoms with E-state index >= 15 is 0 Å². The molecule has 1 saturated carbocycles. The number of benzene rings is 1. The lowest BCUT2D eigenvalue weighted by molar-refractivity contribution is 0.301. The Morgan fingerprint density at radius 1 is 1.08 bits per heavy atom. The number of hydrogen-bond acceptors (Lipinski definition) is 3. The van der Waals surface area contributed by atoms with Gasteiger partial charge in [-0.3, -0.25) is 9.88 Å². The summed E-state index contributed by atoms with van der Waals surface area (Å²) in [5, 5.41) is 1.20. The van der Waals surface area contributed by atoms with Crippen LogP contribution in [0.4, 0.5) is 0 Å². The molecule has 1 aliphatic carbocycles. The van der Waals surface area contributed by atoms with Gasteiger partial charge in [0.25, 0.3) is 0 Å². The first kappa shape index (κ1) is 15.3. The molecule has 3 aromatic rings. The monoisotopic (exact) mass is 320 g/mol. The van der Waals surface area contributed by atoms with Crippen molar-refractivity contribution in [2.45, 2.75) is 44.8 Å². The van der Waals surface area contributed by atoms with E-state index in [-0.39, 0.29) is 0 Å². The molecule has 4 heteroatoms. The Labute approximate surface area is 143 Å². The molecule has 4 nitrogen and oxygen atoms in total. The Morgan fingerprint density at radius 2 is 1.92 bits per heavy atom. The topological polar surface area (TPSA) is 34.0 Å². The number of rotatable bonds is 5. The number of fused-ring (bicyclic) bond motifs is 1. The Kier molecular flexibility index (Phi) is 4.30. The standard InChI is InChI=1S/C20H24N4/c1-23(13-17-11-10-16-6-2-5-9-20(16)22-17)14-19-12-21-15-24(19)18-7-3-4-8-18/h2,5-6,9-12,15,18H,3-4,7-8,13-14H2,1H3. The zero-order valence-electron chi connectivity index (χ0n) is 14.2. The average molecular weight is 320 g/mol. The zero-order valence-corrected chi connectivity index (χ0v) is 14.2. The normalized spacial score (nSPS) is 15.6. The van der Waals surface area contributed by atoms with Gasteiger partial charge in [0.1, 0.15) is 0 Å². The maximum Gasteiger partial charge on any atom is 0.0951 e. The smallest absolute Gasteiger partial charge is 0.0951 e. The summed E-state index contributed by atoms with van der Waals surface area (Å²) in [6, 6.07) is 13.2. The summed E-state index contributed by atoms with van der Waals surface area (Å²) in [7, 11) is 2.16. The predicted octanol–water partition coefficient (Wildman–Crippen LogP) is 4.18. The molecule has 0 spiro atoms. The fourth-order valence-corrected chi connectivity index (χ4v) is 3.77. The molecule has 0 radical (unpaired) electrons. The van der Waals surface area contributed by atoms with Gasteiger partial charge in [0.05, 0.1) is 23.2 Å². The third-order valence-electron chi connectivity index (χ3n) is 4.98. The fourth-order valence-electron chi connectivity index (χ4n) is 3.77. The second-order valence-electron chi connectivity index (χ2n) is 6.90. The molecular formula is C20H24N4. The molecule has 0 atom stereocenters. The summed E-state index contributed by atoms with van der Waals surface area (Å²) >= 11 is 0. The minimum atomic E-state index is 0.648. The van der Waals surface area contributed by atoms with Crippen LogP contribution in [0.15, 0.2) is 48.9 Å². The largest absolute Gasteiger partial charge is 0.330 e. The van der Waals surface area contributed by atoms with Crippen molar-refractivity contribution in [1.82, 2.24) is 19.4 Å². The minimum Gasteiger partial charge on any atom is -0.330 e. The Morgan fingerprint density at radius 3 is 2.79 bits per heavy atom. The first-order valence-corrected chi connectivity index (χ1v) is 8.83. The highest BCUT2D eigenvalue weighted by Gasteiger charge is 2.19. The van der Waals surface area contributed by atoms with Crippen LogP contribution in [0.25, 0.3) is 10.9 Å². The Hall–Kier alpha value is -2.20. The summed E-state index contributed by atoms with van der Waals surface area (Å²) in [6.07, 6.45) is 9.30. The molecule has 0 bridgehead atoms. The highest BCUT2D eigenvalue weighted by Crippen LogP contribution is 2.30. The summed E-state index contributed by atoms with van der Waals surface area (Å²) in [4.78, 5) is 11.5. The summed E-state index contributed by atoms with van der Waals surface area (Å²) in [5.74, 6) is 0. The third kappa shape index (κ3) is 3.20. The van der Waals surface area contributed by atoms with Crippen molar-refractivity contribution in [3.8, 4) is 0 Å². The van der Waals surface area contributed by atoms with Crippen LogP contribution in [0.3, 0.4) is 0 Å². The van der Waals surface area contributed by atoms with Crippen LogP contribution in [0.2, 0.25) is 0 Å². The number of para-hydroxylation sites is 1. The second-order valence-corrected chi connectivity index (χ2v) is 6.90. The van der Waals surface area contributed by atoms with Crippen molar-refractivity contribution < 1.29 is 0 Å². The van der Waals surface area contributed by atoms with Gasteiger partial charge in [-0.2, -0.15) is 0 Å². The number of imidazole rings is 1. The molecule has 1 fully saturated rings. The minimum absolute atomic E-state index is 0.648. The van der Waals surface area contributed by atoms with Gasteiger partial charge in [0, 0.05) is 30.7 Å². The Bertz CT molecular complexity index is 817. The Balaban J connectivity index is 1.46. The molecule has 0 unspecified atom stereocenters. The fraction of sp³-hybridized carbons (Fsp3) is 0.400. The van der Waals surface area contributed by atoms with Gasteiger partial charge in [-0.25, -0.2) is 4.98 Å². The van der Waals surface area contributed by atoms with Gasteiger partial charge in [0.15, 0.2) is 0 Å². The van der Waals surface area contributed by atoms with E-state index in [1.165, 1.54) is 36.8 Å². The highest BCUT2D eigenvalue weighted by atomic mass is 15.2. The molecule has 24 heavy (non-hydrogen) atoms. The maximum absolute atomic E-state index is 4.78. The van der Waals surface area contributed by atoms with Crippen molar-refractivity contribution in [1.29, 1.82) is 0 Å². The van der Waals surface area contributed by atoms with Gasteiger partial charge >= 0.3 is 0 Å². The van der Waals surface area contributed by atoms with Crippen LogP contribution in [0.5, 0.6) is 0 Å². The quantitative estimate of drug-likeness (QED) is 0.707. The third-order valence-corrected chi connectivity index (χ3v) is 4.98. The molecular weight excluding hydrogens is 296 g/mol. The molecule has 0 N–H and O–H groups in total. The van der Waals surface area contributed by atoms with E-state index in [4.69, 9.17) is 4.98 Å². The van der Waals surface area contributed by atoms with E-state index in [1.54, 1.807) is 0 Å². The molecule has 0 amide bonds.